The molecule has 0 spiro atoms. The molecule has 4 nitrogen and oxygen atoms in total. The molecule has 2 aromatic carbocycles. The highest BCUT2D eigenvalue weighted by Gasteiger charge is 2.04. The molecule has 0 aliphatic rings. The van der Waals surface area contributed by atoms with E-state index in [0.717, 1.165) is 24.2 Å². The van der Waals surface area contributed by atoms with E-state index in [1.54, 1.807) is 12.1 Å². The number of hydrogen-bond acceptors (Lipinski definition) is 3. The van der Waals surface area contributed by atoms with Gasteiger partial charge in [-0.3, -0.25) is 10.1 Å². The summed E-state index contributed by atoms with van der Waals surface area (Å²) in [6.07, 6.45) is 0.837. The van der Waals surface area contributed by atoms with Gasteiger partial charge in [0.15, 0.2) is 0 Å². The van der Waals surface area contributed by atoms with Crippen molar-refractivity contribution in [2.75, 3.05) is 11.9 Å². The van der Waals surface area contributed by atoms with Crippen molar-refractivity contribution in [2.45, 2.75) is 26.2 Å². The summed E-state index contributed by atoms with van der Waals surface area (Å²) in [4.78, 5) is 10.2. The van der Waals surface area contributed by atoms with Crippen LogP contribution in [0.2, 0.25) is 0 Å². The van der Waals surface area contributed by atoms with Crippen LogP contribution >= 0.6 is 0 Å². The van der Waals surface area contributed by atoms with Gasteiger partial charge in [0, 0.05) is 24.4 Å². The maximum Gasteiger partial charge on any atom is 0.269 e. The van der Waals surface area contributed by atoms with Crippen LogP contribution in [0.1, 0.15) is 30.9 Å². The molecule has 21 heavy (non-hydrogen) atoms. The van der Waals surface area contributed by atoms with E-state index in [9.17, 15) is 10.1 Å². The van der Waals surface area contributed by atoms with Crippen LogP contribution in [0.3, 0.4) is 0 Å². The van der Waals surface area contributed by atoms with Gasteiger partial charge in [-0.15, -0.1) is 0 Å². The molecule has 0 aliphatic carbocycles. The van der Waals surface area contributed by atoms with Crippen molar-refractivity contribution in [3.63, 3.8) is 0 Å². The second-order valence-electron chi connectivity index (χ2n) is 5.38. The minimum Gasteiger partial charge on any atom is -0.385 e. The summed E-state index contributed by atoms with van der Waals surface area (Å²) >= 11 is 0. The Morgan fingerprint density at radius 2 is 1.86 bits per heavy atom. The third-order valence-electron chi connectivity index (χ3n) is 3.44. The predicted octanol–water partition coefficient (Wildman–Crippen LogP) is 4.37. The SMILES string of the molecule is CC(C)c1cccc(NCCc2ccc([N+](=O)[O-])cc2)c1. The summed E-state index contributed by atoms with van der Waals surface area (Å²) in [5.74, 6) is 0.515. The van der Waals surface area contributed by atoms with Crippen LogP contribution in [-0.4, -0.2) is 11.5 Å². The zero-order valence-corrected chi connectivity index (χ0v) is 12.4. The fourth-order valence-corrected chi connectivity index (χ4v) is 2.14. The van der Waals surface area contributed by atoms with Crippen LogP contribution in [0.4, 0.5) is 11.4 Å². The van der Waals surface area contributed by atoms with Gasteiger partial charge >= 0.3 is 0 Å². The van der Waals surface area contributed by atoms with Gasteiger partial charge in [-0.1, -0.05) is 38.1 Å². The molecule has 0 aromatic heterocycles. The van der Waals surface area contributed by atoms with Crippen molar-refractivity contribution in [3.05, 3.63) is 69.8 Å². The van der Waals surface area contributed by atoms with Crippen LogP contribution in [0.5, 0.6) is 0 Å². The Morgan fingerprint density at radius 3 is 2.48 bits per heavy atom. The molecule has 0 heterocycles. The first-order valence-electron chi connectivity index (χ1n) is 7.13. The molecule has 110 valence electrons. The maximum atomic E-state index is 10.6. The fraction of sp³-hybridized carbons (Fsp3) is 0.294. The lowest BCUT2D eigenvalue weighted by molar-refractivity contribution is -0.384. The van der Waals surface area contributed by atoms with Crippen molar-refractivity contribution >= 4 is 11.4 Å². The smallest absolute Gasteiger partial charge is 0.269 e. The number of nitrogens with zero attached hydrogens (tertiary/aromatic N) is 1. The van der Waals surface area contributed by atoms with Crippen molar-refractivity contribution in [1.29, 1.82) is 0 Å². The third-order valence-corrected chi connectivity index (χ3v) is 3.44. The van der Waals surface area contributed by atoms with Crippen molar-refractivity contribution in [3.8, 4) is 0 Å². The van der Waals surface area contributed by atoms with E-state index < -0.39 is 0 Å². The van der Waals surface area contributed by atoms with Gasteiger partial charge in [-0.2, -0.15) is 0 Å². The molecule has 0 saturated heterocycles. The first-order valence-corrected chi connectivity index (χ1v) is 7.13. The Bertz CT molecular complexity index is 606. The first kappa shape index (κ1) is 15.0. The van der Waals surface area contributed by atoms with Gasteiger partial charge in [-0.05, 0) is 35.6 Å². The van der Waals surface area contributed by atoms with E-state index in [4.69, 9.17) is 0 Å². The Labute approximate surface area is 125 Å². The summed E-state index contributed by atoms with van der Waals surface area (Å²) in [6.45, 7) is 5.16. The Balaban J connectivity index is 1.89. The number of hydrogen-bond donors (Lipinski definition) is 1. The molecule has 0 amide bonds. The minimum atomic E-state index is -0.376. The number of nitro benzene ring substituents is 1. The maximum absolute atomic E-state index is 10.6. The van der Waals surface area contributed by atoms with Crippen LogP contribution < -0.4 is 5.32 Å². The van der Waals surface area contributed by atoms with Gasteiger partial charge in [-0.25, -0.2) is 0 Å². The standard InChI is InChI=1S/C17H20N2O2/c1-13(2)15-4-3-5-16(12-15)18-11-10-14-6-8-17(9-7-14)19(20)21/h3-9,12-13,18H,10-11H2,1-2H3. The Kier molecular flexibility index (Phi) is 4.93. The molecule has 1 N–H and O–H groups in total. The molecule has 2 aromatic rings. The summed E-state index contributed by atoms with van der Waals surface area (Å²) in [6, 6.07) is 15.1. The van der Waals surface area contributed by atoms with Crippen LogP contribution in [-0.2, 0) is 6.42 Å². The first-order chi connectivity index (χ1) is 10.1. The monoisotopic (exact) mass is 284 g/mol. The molecule has 4 heteroatoms. The number of anilines is 1. The Hall–Kier alpha value is -2.36. The minimum absolute atomic E-state index is 0.136. The number of nitrogens with one attached hydrogen (secondary N) is 1. The van der Waals surface area contributed by atoms with Gasteiger partial charge < -0.3 is 5.32 Å². The zero-order valence-electron chi connectivity index (χ0n) is 12.4. The lowest BCUT2D eigenvalue weighted by Crippen LogP contribution is -2.05. The van der Waals surface area contributed by atoms with Crippen LogP contribution in [0.25, 0.3) is 0 Å². The molecule has 0 aliphatic heterocycles. The van der Waals surface area contributed by atoms with E-state index in [1.165, 1.54) is 5.56 Å². The zero-order chi connectivity index (χ0) is 15.2. The third kappa shape index (κ3) is 4.31. The molecule has 0 saturated carbocycles. The highest BCUT2D eigenvalue weighted by atomic mass is 16.6. The number of rotatable bonds is 6. The fourth-order valence-electron chi connectivity index (χ4n) is 2.14. The largest absolute Gasteiger partial charge is 0.385 e. The highest BCUT2D eigenvalue weighted by molar-refractivity contribution is 5.46. The summed E-state index contributed by atoms with van der Waals surface area (Å²) in [5.41, 5.74) is 3.66. The summed E-state index contributed by atoms with van der Waals surface area (Å²) in [7, 11) is 0. The van der Waals surface area contributed by atoms with Crippen LogP contribution in [0.15, 0.2) is 48.5 Å². The molecule has 0 fully saturated rings. The molecular formula is C17H20N2O2. The van der Waals surface area contributed by atoms with Gasteiger partial charge in [0.05, 0.1) is 4.92 Å². The van der Waals surface area contributed by atoms with E-state index in [-0.39, 0.29) is 10.6 Å². The highest BCUT2D eigenvalue weighted by Crippen LogP contribution is 2.18. The molecule has 0 bridgehead atoms. The summed E-state index contributed by atoms with van der Waals surface area (Å²) < 4.78 is 0. The lowest BCUT2D eigenvalue weighted by Gasteiger charge is -2.10. The van der Waals surface area contributed by atoms with Gasteiger partial charge in [0.25, 0.3) is 5.69 Å². The summed E-state index contributed by atoms with van der Waals surface area (Å²) in [5, 5.41) is 14.0. The second-order valence-corrected chi connectivity index (χ2v) is 5.38. The molecule has 0 atom stereocenters. The average Bonchev–Trinajstić information content (AvgIpc) is 2.48. The molecule has 0 radical (unpaired) electrons. The number of nitro groups is 1. The van der Waals surface area contributed by atoms with Crippen LogP contribution in [0, 0.1) is 10.1 Å². The van der Waals surface area contributed by atoms with E-state index >= 15 is 0 Å². The molecule has 0 unspecified atom stereocenters. The number of benzene rings is 2. The van der Waals surface area contributed by atoms with Crippen molar-refractivity contribution in [1.82, 2.24) is 0 Å². The van der Waals surface area contributed by atoms with Gasteiger partial charge in [0.2, 0.25) is 0 Å². The van der Waals surface area contributed by atoms with E-state index in [1.807, 2.05) is 12.1 Å². The van der Waals surface area contributed by atoms with Crippen molar-refractivity contribution in [2.24, 2.45) is 0 Å². The van der Waals surface area contributed by atoms with Crippen molar-refractivity contribution < 1.29 is 4.92 Å². The van der Waals surface area contributed by atoms with E-state index in [2.05, 4.69) is 43.4 Å². The normalized spacial score (nSPS) is 10.6. The molecular weight excluding hydrogens is 264 g/mol. The molecule has 2 rings (SSSR count). The predicted molar refractivity (Wildman–Crippen MR) is 85.8 cm³/mol. The van der Waals surface area contributed by atoms with Gasteiger partial charge in [0.1, 0.15) is 0 Å². The average molecular weight is 284 g/mol. The topological polar surface area (TPSA) is 55.2 Å². The lowest BCUT2D eigenvalue weighted by atomic mass is 10.0. The quantitative estimate of drug-likeness (QED) is 0.633. The Morgan fingerprint density at radius 1 is 1.14 bits per heavy atom. The van der Waals surface area contributed by atoms with E-state index in [0.29, 0.717) is 5.92 Å². The second kappa shape index (κ2) is 6.88. The number of non-ortho nitro benzene ring substituents is 1.